The van der Waals surface area contributed by atoms with E-state index in [1.165, 1.54) is 0 Å². The zero-order valence-corrected chi connectivity index (χ0v) is 9.31. The van der Waals surface area contributed by atoms with Crippen LogP contribution in [0.25, 0.3) is 0 Å². The number of amidine groups is 2. The van der Waals surface area contributed by atoms with Crippen molar-refractivity contribution >= 4 is 28.5 Å². The maximum absolute atomic E-state index is 9.21. The van der Waals surface area contributed by atoms with Crippen LogP contribution in [-0.2, 0) is 0 Å². The summed E-state index contributed by atoms with van der Waals surface area (Å²) < 4.78 is 1.94. The van der Waals surface area contributed by atoms with Crippen LogP contribution in [0.4, 0.5) is 0 Å². The molecule has 0 fully saturated rings. The van der Waals surface area contributed by atoms with E-state index in [2.05, 4.69) is 22.3 Å². The minimum absolute atomic E-state index is 0.0795. The van der Waals surface area contributed by atoms with Gasteiger partial charge >= 0.3 is 11.0 Å². The summed E-state index contributed by atoms with van der Waals surface area (Å²) in [6.45, 7) is -0.0795. The Kier molecular flexibility index (Phi) is 2.34. The molecule has 2 heterocycles. The van der Waals surface area contributed by atoms with Gasteiger partial charge in [-0.05, 0) is 11.8 Å². The number of aliphatic hydroxyl groups excluding tert-OH is 1. The van der Waals surface area contributed by atoms with Crippen molar-refractivity contribution in [3.05, 3.63) is 35.9 Å². The van der Waals surface area contributed by atoms with E-state index in [4.69, 9.17) is 0 Å². The fourth-order valence-corrected chi connectivity index (χ4v) is 2.81. The van der Waals surface area contributed by atoms with Crippen molar-refractivity contribution in [1.29, 1.82) is 0 Å². The van der Waals surface area contributed by atoms with E-state index in [1.807, 2.05) is 22.8 Å². The Balaban J connectivity index is 2.11. The van der Waals surface area contributed by atoms with E-state index in [0.29, 0.717) is 5.84 Å². The molecule has 2 aliphatic rings. The molecular weight excluding hydrogens is 222 g/mol. The lowest BCUT2D eigenvalue weighted by Gasteiger charge is -2.01. The Hall–Kier alpha value is -1.46. The highest BCUT2D eigenvalue weighted by atomic mass is 32.2. The first-order chi connectivity index (χ1) is 7.90. The minimum atomic E-state index is -0.0795. The van der Waals surface area contributed by atoms with Gasteiger partial charge < -0.3 is 5.11 Å². The Morgan fingerprint density at radius 1 is 1.25 bits per heavy atom. The zero-order chi connectivity index (χ0) is 11.0. The number of aliphatic hydroxyl groups is 1. The molecule has 0 saturated carbocycles. The summed E-state index contributed by atoms with van der Waals surface area (Å²) in [5.74, 6) is 1.49. The van der Waals surface area contributed by atoms with Crippen LogP contribution in [0.2, 0.25) is 0 Å². The van der Waals surface area contributed by atoms with Crippen molar-refractivity contribution < 1.29 is 9.68 Å². The number of nitrogens with zero attached hydrogens (tertiary/aromatic N) is 3. The SMILES string of the molecule is OCC1=NN=C2SCC(c3ccccc3)=[N+]12. The molecule has 0 unspecified atom stereocenters. The first-order valence-electron chi connectivity index (χ1n) is 4.99. The predicted molar refractivity (Wildman–Crippen MR) is 65.2 cm³/mol. The molecular formula is C11H10N3OS+. The van der Waals surface area contributed by atoms with Gasteiger partial charge in [0.25, 0.3) is 0 Å². The van der Waals surface area contributed by atoms with E-state index in [1.54, 1.807) is 11.8 Å². The number of thioether (sulfide) groups is 1. The van der Waals surface area contributed by atoms with Gasteiger partial charge in [-0.3, -0.25) is 0 Å². The van der Waals surface area contributed by atoms with Gasteiger partial charge in [0.15, 0.2) is 0 Å². The summed E-state index contributed by atoms with van der Waals surface area (Å²) in [7, 11) is 0. The van der Waals surface area contributed by atoms with Crippen molar-refractivity contribution in [2.24, 2.45) is 10.2 Å². The van der Waals surface area contributed by atoms with Gasteiger partial charge in [0.05, 0.1) is 16.0 Å². The molecule has 0 bridgehead atoms. The van der Waals surface area contributed by atoms with E-state index in [9.17, 15) is 5.11 Å². The molecule has 0 aliphatic carbocycles. The average Bonchev–Trinajstić information content (AvgIpc) is 2.90. The summed E-state index contributed by atoms with van der Waals surface area (Å²) in [6.07, 6.45) is 0. The van der Waals surface area contributed by atoms with E-state index < -0.39 is 0 Å². The van der Waals surface area contributed by atoms with Crippen LogP contribution in [0.3, 0.4) is 0 Å². The first-order valence-corrected chi connectivity index (χ1v) is 5.98. The molecule has 16 heavy (non-hydrogen) atoms. The number of hydrogen-bond acceptors (Lipinski definition) is 4. The van der Waals surface area contributed by atoms with Crippen molar-refractivity contribution in [2.45, 2.75) is 0 Å². The van der Waals surface area contributed by atoms with Crippen molar-refractivity contribution in [3.63, 3.8) is 0 Å². The van der Waals surface area contributed by atoms with Crippen molar-refractivity contribution in [2.75, 3.05) is 12.4 Å². The summed E-state index contributed by atoms with van der Waals surface area (Å²) in [5.41, 5.74) is 2.30. The number of benzene rings is 1. The van der Waals surface area contributed by atoms with Gasteiger partial charge in [0.1, 0.15) is 12.3 Å². The van der Waals surface area contributed by atoms with Gasteiger partial charge in [0, 0.05) is 5.56 Å². The molecule has 80 valence electrons. The summed E-state index contributed by atoms with van der Waals surface area (Å²) >= 11 is 1.65. The average molecular weight is 232 g/mol. The van der Waals surface area contributed by atoms with Crippen molar-refractivity contribution in [1.82, 2.24) is 0 Å². The predicted octanol–water partition coefficient (Wildman–Crippen LogP) is 0.910. The highest BCUT2D eigenvalue weighted by Crippen LogP contribution is 2.22. The summed E-state index contributed by atoms with van der Waals surface area (Å²) in [4.78, 5) is 0. The topological polar surface area (TPSA) is 48.0 Å². The molecule has 0 amide bonds. The highest BCUT2D eigenvalue weighted by Gasteiger charge is 2.37. The second-order valence-electron chi connectivity index (χ2n) is 3.49. The molecule has 1 aromatic carbocycles. The maximum atomic E-state index is 9.21. The fourth-order valence-electron chi connectivity index (χ4n) is 1.81. The van der Waals surface area contributed by atoms with Crippen LogP contribution in [0.5, 0.6) is 0 Å². The van der Waals surface area contributed by atoms with E-state index in [-0.39, 0.29) is 6.61 Å². The monoisotopic (exact) mass is 232 g/mol. The third-order valence-corrected chi connectivity index (χ3v) is 3.50. The van der Waals surface area contributed by atoms with Crippen LogP contribution in [0, 0.1) is 0 Å². The summed E-state index contributed by atoms with van der Waals surface area (Å²) in [5, 5.41) is 18.1. The molecule has 0 atom stereocenters. The number of hydrogen-bond donors (Lipinski definition) is 1. The van der Waals surface area contributed by atoms with Gasteiger partial charge in [0.2, 0.25) is 0 Å². The zero-order valence-electron chi connectivity index (χ0n) is 8.50. The summed E-state index contributed by atoms with van der Waals surface area (Å²) in [6, 6.07) is 10.1. The van der Waals surface area contributed by atoms with Gasteiger partial charge in [-0.15, -0.1) is 0 Å². The second-order valence-corrected chi connectivity index (χ2v) is 4.44. The Bertz CT molecular complexity index is 519. The van der Waals surface area contributed by atoms with Crippen LogP contribution in [-0.4, -0.2) is 38.8 Å². The standard InChI is InChI=1S/C11H10N3OS/c15-6-10-12-13-11-14(10)9(7-16-11)8-4-2-1-3-5-8/h1-5,15H,6-7H2/q+1. The molecule has 2 aliphatic heterocycles. The number of rotatable bonds is 2. The third kappa shape index (κ3) is 1.40. The van der Waals surface area contributed by atoms with Gasteiger partial charge in [-0.25, -0.2) is 0 Å². The largest absolute Gasteiger partial charge is 0.385 e. The van der Waals surface area contributed by atoms with E-state index in [0.717, 1.165) is 22.2 Å². The van der Waals surface area contributed by atoms with Crippen LogP contribution in [0.15, 0.2) is 40.5 Å². The third-order valence-electron chi connectivity index (χ3n) is 2.56. The van der Waals surface area contributed by atoms with E-state index >= 15 is 0 Å². The quantitative estimate of drug-likeness (QED) is 0.770. The molecule has 0 radical (unpaired) electrons. The lowest BCUT2D eigenvalue weighted by Crippen LogP contribution is -2.27. The molecule has 1 aromatic rings. The lowest BCUT2D eigenvalue weighted by molar-refractivity contribution is -0.260. The normalized spacial score (nSPS) is 18.6. The van der Waals surface area contributed by atoms with Gasteiger partial charge in [-0.1, -0.05) is 30.3 Å². The molecule has 3 rings (SSSR count). The highest BCUT2D eigenvalue weighted by molar-refractivity contribution is 8.14. The Morgan fingerprint density at radius 3 is 2.81 bits per heavy atom. The van der Waals surface area contributed by atoms with Crippen LogP contribution in [0.1, 0.15) is 5.56 Å². The van der Waals surface area contributed by atoms with Crippen LogP contribution < -0.4 is 0 Å². The Morgan fingerprint density at radius 2 is 2.06 bits per heavy atom. The number of fused-ring (bicyclic) bond motifs is 1. The fraction of sp³-hybridized carbons (Fsp3) is 0.182. The lowest BCUT2D eigenvalue weighted by atomic mass is 10.1. The molecule has 5 heteroatoms. The van der Waals surface area contributed by atoms with Crippen molar-refractivity contribution in [3.8, 4) is 0 Å². The second kappa shape index (κ2) is 3.84. The first kappa shape index (κ1) is 9.74. The molecule has 0 spiro atoms. The van der Waals surface area contributed by atoms with Crippen LogP contribution >= 0.6 is 11.8 Å². The smallest absolute Gasteiger partial charge is 0.346 e. The molecule has 0 aromatic heterocycles. The molecule has 0 saturated heterocycles. The van der Waals surface area contributed by atoms with Gasteiger partial charge in [-0.2, -0.15) is 4.58 Å². The molecule has 1 N–H and O–H groups in total. The minimum Gasteiger partial charge on any atom is -0.385 e. The maximum Gasteiger partial charge on any atom is 0.346 e. The molecule has 4 nitrogen and oxygen atoms in total. The Labute approximate surface area is 97.0 Å².